The molecule has 1 aliphatic rings. The fourth-order valence-corrected chi connectivity index (χ4v) is 4.76. The highest BCUT2D eigenvalue weighted by Gasteiger charge is 2.38. The zero-order valence-electron chi connectivity index (χ0n) is 15.3. The second kappa shape index (κ2) is 8.77. The average molecular weight is 398 g/mol. The van der Waals surface area contributed by atoms with E-state index >= 15 is 0 Å². The number of rotatable bonds is 7. The highest BCUT2D eigenvalue weighted by atomic mass is 32.2. The summed E-state index contributed by atoms with van der Waals surface area (Å²) in [6.07, 6.45) is 2.77. The van der Waals surface area contributed by atoms with Crippen LogP contribution in [0.4, 0.5) is 0 Å². The third-order valence-electron chi connectivity index (χ3n) is 4.66. The van der Waals surface area contributed by atoms with Crippen molar-refractivity contribution in [1.29, 1.82) is 0 Å². The van der Waals surface area contributed by atoms with Crippen LogP contribution in [-0.4, -0.2) is 48.4 Å². The number of sulfonamides is 1. The molecular weight excluding hydrogens is 372 g/mol. The molecule has 27 heavy (non-hydrogen) atoms. The van der Waals surface area contributed by atoms with Gasteiger partial charge in [-0.05, 0) is 30.9 Å². The number of pyridine rings is 1. The Bertz CT molecular complexity index is 771. The molecule has 1 saturated heterocycles. The number of primary amides is 1. The molecule has 0 bridgehead atoms. The third kappa shape index (κ3) is 5.47. The van der Waals surface area contributed by atoms with E-state index in [2.05, 4.69) is 10.3 Å². The molecule has 1 aliphatic heterocycles. The normalized spacial score (nSPS) is 24.6. The Kier molecular flexibility index (Phi) is 6.90. The van der Waals surface area contributed by atoms with E-state index < -0.39 is 20.0 Å². The summed E-state index contributed by atoms with van der Waals surface area (Å²) in [5.41, 5.74) is 5.12. The molecule has 0 saturated carbocycles. The van der Waals surface area contributed by atoms with Gasteiger partial charge in [0.05, 0.1) is 13.1 Å². The first kappa shape index (κ1) is 21.3. The van der Waals surface area contributed by atoms with Gasteiger partial charge in [-0.25, -0.2) is 9.04 Å². The van der Waals surface area contributed by atoms with Crippen molar-refractivity contribution in [3.8, 4) is 0 Å². The van der Waals surface area contributed by atoms with Crippen LogP contribution in [0.15, 0.2) is 29.4 Å². The molecule has 1 aromatic rings. The molecule has 2 rings (SSSR count). The summed E-state index contributed by atoms with van der Waals surface area (Å²) in [6.45, 7) is 1.53. The van der Waals surface area contributed by atoms with Crippen LogP contribution in [0, 0.1) is 11.1 Å². The number of quaternary nitrogens is 1. The molecule has 150 valence electrons. The summed E-state index contributed by atoms with van der Waals surface area (Å²) in [7, 11) is -4.16. The Balaban J connectivity index is 1.98. The van der Waals surface area contributed by atoms with Crippen molar-refractivity contribution in [1.82, 2.24) is 10.3 Å². The van der Waals surface area contributed by atoms with Crippen LogP contribution in [0.5, 0.6) is 0 Å². The Morgan fingerprint density at radius 3 is 2.70 bits per heavy atom. The minimum absolute atomic E-state index is 0.0800. The summed E-state index contributed by atoms with van der Waals surface area (Å²) in [5, 5.41) is 15.6. The molecule has 10 heteroatoms. The lowest BCUT2D eigenvalue weighted by Crippen LogP contribution is -2.48. The molecule has 2 unspecified atom stereocenters. The average Bonchev–Trinajstić information content (AvgIpc) is 2.77. The predicted octanol–water partition coefficient (Wildman–Crippen LogP) is 0.655. The second-order valence-electron chi connectivity index (χ2n) is 7.08. The monoisotopic (exact) mass is 398 g/mol. The first-order chi connectivity index (χ1) is 12.6. The minimum atomic E-state index is -4.16. The van der Waals surface area contributed by atoms with Crippen LogP contribution in [0.25, 0.3) is 0 Å². The van der Waals surface area contributed by atoms with E-state index in [9.17, 15) is 23.2 Å². The van der Waals surface area contributed by atoms with Gasteiger partial charge in [0, 0.05) is 31.5 Å². The second-order valence-corrected chi connectivity index (χ2v) is 9.11. The molecule has 2 heterocycles. The standard InChI is InChI=1S/C17H26N4O5S/c1-13(11-15(18)22)12-16(23)20-14-5-4-9-21(24,10-7-14)27(25,26)17-6-2-3-8-19-17/h2-3,6,8,13-14H,4-5,7,9-12H2,1H3,(H2,18,22)(H,20,23)/t13-,14?,21?/m0/s1. The van der Waals surface area contributed by atoms with Gasteiger partial charge < -0.3 is 16.3 Å². The van der Waals surface area contributed by atoms with E-state index in [1.54, 1.807) is 13.0 Å². The molecule has 3 atom stereocenters. The molecule has 0 spiro atoms. The summed E-state index contributed by atoms with van der Waals surface area (Å²) in [5.74, 6) is -0.864. The zero-order chi connectivity index (χ0) is 20.1. The highest BCUT2D eigenvalue weighted by molar-refractivity contribution is 7.85. The Labute approximate surface area is 159 Å². The number of nitrogens with zero attached hydrogens (tertiary/aromatic N) is 2. The lowest BCUT2D eigenvalue weighted by Gasteiger charge is -2.39. The van der Waals surface area contributed by atoms with Gasteiger partial charge in [-0.1, -0.05) is 13.0 Å². The van der Waals surface area contributed by atoms with E-state index in [1.807, 2.05) is 0 Å². The van der Waals surface area contributed by atoms with E-state index in [-0.39, 0.29) is 55.2 Å². The maximum absolute atomic E-state index is 13.0. The number of nitrogens with one attached hydrogen (secondary N) is 1. The highest BCUT2D eigenvalue weighted by Crippen LogP contribution is 2.26. The molecule has 3 N–H and O–H groups in total. The van der Waals surface area contributed by atoms with Crippen LogP contribution < -0.4 is 11.1 Å². The van der Waals surface area contributed by atoms with E-state index in [1.165, 1.54) is 18.3 Å². The predicted molar refractivity (Wildman–Crippen MR) is 98.2 cm³/mol. The summed E-state index contributed by atoms with van der Waals surface area (Å²) in [6, 6.07) is 4.16. The number of carbonyl (C=O) groups excluding carboxylic acids is 2. The number of amides is 2. The van der Waals surface area contributed by atoms with Crippen molar-refractivity contribution in [3.63, 3.8) is 0 Å². The van der Waals surface area contributed by atoms with E-state index in [0.717, 1.165) is 0 Å². The lowest BCUT2D eigenvalue weighted by atomic mass is 10.0. The lowest BCUT2D eigenvalue weighted by molar-refractivity contribution is -0.752. The van der Waals surface area contributed by atoms with Crippen LogP contribution >= 0.6 is 0 Å². The summed E-state index contributed by atoms with van der Waals surface area (Å²) in [4.78, 5) is 26.8. The van der Waals surface area contributed by atoms with Crippen molar-refractivity contribution < 1.29 is 22.1 Å². The third-order valence-corrected chi connectivity index (χ3v) is 6.67. The molecular formula is C17H26N4O5S. The van der Waals surface area contributed by atoms with E-state index in [4.69, 9.17) is 5.73 Å². The van der Waals surface area contributed by atoms with Gasteiger partial charge in [-0.3, -0.25) is 9.59 Å². The largest absolute Gasteiger partial charge is 0.616 e. The number of hydrogen-bond donors (Lipinski definition) is 2. The summed E-state index contributed by atoms with van der Waals surface area (Å²) < 4.78 is 24.0. The van der Waals surface area contributed by atoms with Gasteiger partial charge in [0.25, 0.3) is 0 Å². The molecule has 0 radical (unpaired) electrons. The van der Waals surface area contributed by atoms with Gasteiger partial charge in [0.1, 0.15) is 0 Å². The molecule has 2 amide bonds. The van der Waals surface area contributed by atoms with Gasteiger partial charge in [-0.15, -0.1) is 0 Å². The van der Waals surface area contributed by atoms with Crippen molar-refractivity contribution in [2.24, 2.45) is 11.7 Å². The van der Waals surface area contributed by atoms with Crippen LogP contribution in [-0.2, 0) is 19.6 Å². The number of carbonyl (C=O) groups is 2. The van der Waals surface area contributed by atoms with Gasteiger partial charge in [0.2, 0.25) is 16.8 Å². The van der Waals surface area contributed by atoms with Crippen LogP contribution in [0.3, 0.4) is 0 Å². The molecule has 0 aliphatic carbocycles. The molecule has 0 aromatic carbocycles. The first-order valence-electron chi connectivity index (χ1n) is 8.96. The van der Waals surface area contributed by atoms with Crippen molar-refractivity contribution in [2.45, 2.75) is 50.1 Å². The van der Waals surface area contributed by atoms with Crippen molar-refractivity contribution in [3.05, 3.63) is 29.6 Å². The number of hydroxylamine groups is 2. The van der Waals surface area contributed by atoms with Crippen molar-refractivity contribution in [2.75, 3.05) is 13.1 Å². The first-order valence-corrected chi connectivity index (χ1v) is 10.4. The Morgan fingerprint density at radius 1 is 1.33 bits per heavy atom. The smallest absolute Gasteiger partial charge is 0.344 e. The Hall–Kier alpha value is -2.04. The van der Waals surface area contributed by atoms with Crippen molar-refractivity contribution >= 4 is 21.8 Å². The van der Waals surface area contributed by atoms with Gasteiger partial charge in [-0.2, -0.15) is 8.42 Å². The summed E-state index contributed by atoms with van der Waals surface area (Å²) >= 11 is 0. The van der Waals surface area contributed by atoms with Crippen LogP contribution in [0.1, 0.15) is 39.0 Å². The van der Waals surface area contributed by atoms with Gasteiger partial charge in [0.15, 0.2) is 0 Å². The SMILES string of the molecule is C[C@@H](CC(N)=O)CC(=O)NC1CCC[N+]([O-])(S(=O)(=O)c2ccccn2)CC1. The minimum Gasteiger partial charge on any atom is -0.616 e. The fraction of sp³-hybridized carbons (Fsp3) is 0.588. The number of aromatic nitrogens is 1. The number of nitrogens with two attached hydrogens (primary N) is 1. The molecule has 1 fully saturated rings. The topological polar surface area (TPSA) is 142 Å². The molecule has 9 nitrogen and oxygen atoms in total. The van der Waals surface area contributed by atoms with Crippen LogP contribution in [0.2, 0.25) is 0 Å². The maximum Gasteiger partial charge on any atom is 0.344 e. The molecule has 1 aromatic heterocycles. The maximum atomic E-state index is 13.0. The Morgan fingerprint density at radius 2 is 2.07 bits per heavy atom. The fourth-order valence-electron chi connectivity index (χ4n) is 3.26. The van der Waals surface area contributed by atoms with E-state index in [0.29, 0.717) is 12.8 Å². The van der Waals surface area contributed by atoms with Gasteiger partial charge >= 0.3 is 10.0 Å². The zero-order valence-corrected chi connectivity index (χ0v) is 16.2. The number of hydrogen-bond acceptors (Lipinski definition) is 6. The quantitative estimate of drug-likeness (QED) is 0.510.